The summed E-state index contributed by atoms with van der Waals surface area (Å²) < 4.78 is 1.55. The molecule has 0 unspecified atom stereocenters. The fourth-order valence-electron chi connectivity index (χ4n) is 3.31. The van der Waals surface area contributed by atoms with E-state index < -0.39 is 5.91 Å². The minimum atomic E-state index is -0.447. The lowest BCUT2D eigenvalue weighted by Crippen LogP contribution is -2.29. The predicted molar refractivity (Wildman–Crippen MR) is 109 cm³/mol. The Labute approximate surface area is 165 Å². The number of fused-ring (bicyclic) bond motifs is 2. The number of aromatic nitrogens is 3. The molecular formula is C19H22N4O2S2. The monoisotopic (exact) mass is 402 g/mol. The number of hydrogen-bond donors (Lipinski definition) is 1. The van der Waals surface area contributed by atoms with Crippen LogP contribution in [0.25, 0.3) is 4.96 Å². The van der Waals surface area contributed by atoms with Crippen LogP contribution < -0.4 is 10.9 Å². The summed E-state index contributed by atoms with van der Waals surface area (Å²) in [6.07, 6.45) is 6.88. The van der Waals surface area contributed by atoms with Crippen molar-refractivity contribution in [3.8, 4) is 0 Å². The van der Waals surface area contributed by atoms with E-state index in [2.05, 4.69) is 15.3 Å². The van der Waals surface area contributed by atoms with Gasteiger partial charge in [-0.2, -0.15) is 0 Å². The van der Waals surface area contributed by atoms with Crippen LogP contribution in [0.5, 0.6) is 0 Å². The van der Waals surface area contributed by atoms with Crippen LogP contribution in [0.2, 0.25) is 0 Å². The fraction of sp³-hybridized carbons (Fsp3) is 0.474. The SMILES string of the molecule is CC(C)(C)c1csc2ncc(C(=O)Nc3nc4c(s3)CCCCC4)c(=O)n12. The Morgan fingerprint density at radius 2 is 2.00 bits per heavy atom. The van der Waals surface area contributed by atoms with Gasteiger partial charge >= 0.3 is 0 Å². The van der Waals surface area contributed by atoms with Gasteiger partial charge in [-0.25, -0.2) is 9.97 Å². The van der Waals surface area contributed by atoms with Gasteiger partial charge in [-0.1, -0.05) is 27.2 Å². The standard InChI is InChI=1S/C19H22N4O2S2/c1-19(2,3)14-10-26-18-20-9-11(16(25)23(14)18)15(24)22-17-21-12-7-5-4-6-8-13(12)27-17/h9-10H,4-8H2,1-3H3,(H,21,22,24). The third-order valence-corrected chi connectivity index (χ3v) is 6.69. The quantitative estimate of drug-likeness (QED) is 0.657. The highest BCUT2D eigenvalue weighted by molar-refractivity contribution is 7.16. The summed E-state index contributed by atoms with van der Waals surface area (Å²) in [6.45, 7) is 6.11. The van der Waals surface area contributed by atoms with Crippen LogP contribution in [0.3, 0.4) is 0 Å². The zero-order valence-corrected chi connectivity index (χ0v) is 17.3. The second-order valence-corrected chi connectivity index (χ2v) is 9.79. The molecule has 3 aromatic heterocycles. The minimum absolute atomic E-state index is 0.0433. The molecule has 0 radical (unpaired) electrons. The number of amides is 1. The van der Waals surface area contributed by atoms with Crippen LogP contribution in [-0.4, -0.2) is 20.3 Å². The van der Waals surface area contributed by atoms with E-state index in [1.165, 1.54) is 40.2 Å². The van der Waals surface area contributed by atoms with Crippen LogP contribution in [0.15, 0.2) is 16.4 Å². The van der Waals surface area contributed by atoms with E-state index in [1.54, 1.807) is 4.40 Å². The van der Waals surface area contributed by atoms with Crippen molar-refractivity contribution in [3.63, 3.8) is 0 Å². The summed E-state index contributed by atoms with van der Waals surface area (Å²) in [5.74, 6) is -0.447. The van der Waals surface area contributed by atoms with Crippen molar-refractivity contribution in [2.24, 2.45) is 0 Å². The predicted octanol–water partition coefficient (Wildman–Crippen LogP) is 4.03. The maximum absolute atomic E-state index is 13.0. The summed E-state index contributed by atoms with van der Waals surface area (Å²) in [7, 11) is 0. The van der Waals surface area contributed by atoms with Gasteiger partial charge in [-0.15, -0.1) is 22.7 Å². The number of nitrogens with zero attached hydrogens (tertiary/aromatic N) is 3. The van der Waals surface area contributed by atoms with Gasteiger partial charge in [-0.05, 0) is 25.7 Å². The molecule has 142 valence electrons. The third kappa shape index (κ3) is 3.43. The number of nitrogens with one attached hydrogen (secondary N) is 1. The van der Waals surface area contributed by atoms with Gasteiger partial charge in [0.05, 0.1) is 5.69 Å². The largest absolute Gasteiger partial charge is 0.298 e. The summed E-state index contributed by atoms with van der Waals surface area (Å²) in [4.78, 5) is 36.5. The van der Waals surface area contributed by atoms with E-state index in [4.69, 9.17) is 0 Å². The molecule has 27 heavy (non-hydrogen) atoms. The number of aryl methyl sites for hydroxylation is 2. The molecule has 0 aromatic carbocycles. The van der Waals surface area contributed by atoms with Gasteiger partial charge in [0.15, 0.2) is 10.1 Å². The summed E-state index contributed by atoms with van der Waals surface area (Å²) in [5.41, 5.74) is 1.44. The molecule has 0 saturated heterocycles. The first-order valence-electron chi connectivity index (χ1n) is 9.14. The van der Waals surface area contributed by atoms with Crippen LogP contribution >= 0.6 is 22.7 Å². The van der Waals surface area contributed by atoms with Crippen LogP contribution in [0, 0.1) is 0 Å². The number of hydrogen-bond acceptors (Lipinski definition) is 6. The van der Waals surface area contributed by atoms with Crippen molar-refractivity contribution in [1.29, 1.82) is 0 Å². The van der Waals surface area contributed by atoms with Gasteiger partial charge < -0.3 is 0 Å². The highest BCUT2D eigenvalue weighted by Crippen LogP contribution is 2.29. The molecule has 3 aromatic rings. The molecule has 1 aliphatic rings. The zero-order chi connectivity index (χ0) is 19.2. The Morgan fingerprint density at radius 3 is 2.78 bits per heavy atom. The maximum atomic E-state index is 13.0. The van der Waals surface area contributed by atoms with Gasteiger partial charge in [-0.3, -0.25) is 19.3 Å². The molecule has 1 N–H and O–H groups in total. The highest BCUT2D eigenvalue weighted by Gasteiger charge is 2.23. The average Bonchev–Trinajstić information content (AvgIpc) is 3.14. The lowest BCUT2D eigenvalue weighted by atomic mass is 9.93. The number of thiazole rings is 2. The topological polar surface area (TPSA) is 76.4 Å². The van der Waals surface area contributed by atoms with Gasteiger partial charge in [0, 0.05) is 27.6 Å². The molecule has 0 fully saturated rings. The Morgan fingerprint density at radius 1 is 1.22 bits per heavy atom. The van der Waals surface area contributed by atoms with Gasteiger partial charge in [0.1, 0.15) is 5.56 Å². The number of carbonyl (C=O) groups is 1. The second kappa shape index (κ2) is 6.83. The maximum Gasteiger partial charge on any atom is 0.271 e. The van der Waals surface area contributed by atoms with E-state index in [0.717, 1.165) is 37.1 Å². The molecule has 0 bridgehead atoms. The first-order chi connectivity index (χ1) is 12.8. The minimum Gasteiger partial charge on any atom is -0.298 e. The lowest BCUT2D eigenvalue weighted by molar-refractivity contribution is 0.102. The smallest absolute Gasteiger partial charge is 0.271 e. The Balaban J connectivity index is 1.67. The molecule has 0 aliphatic heterocycles. The summed E-state index contributed by atoms with van der Waals surface area (Å²) in [6, 6.07) is 0. The van der Waals surface area contributed by atoms with E-state index >= 15 is 0 Å². The molecule has 4 rings (SSSR count). The van der Waals surface area contributed by atoms with E-state index in [0.29, 0.717) is 10.1 Å². The van der Waals surface area contributed by atoms with Crippen LogP contribution in [0.4, 0.5) is 5.13 Å². The summed E-state index contributed by atoms with van der Waals surface area (Å²) in [5, 5.41) is 5.31. The first kappa shape index (κ1) is 18.3. The third-order valence-electron chi connectivity index (χ3n) is 4.77. The van der Waals surface area contributed by atoms with E-state index in [1.807, 2.05) is 26.2 Å². The fourth-order valence-corrected chi connectivity index (χ4v) is 5.43. The van der Waals surface area contributed by atoms with Gasteiger partial charge in [0.25, 0.3) is 11.5 Å². The normalized spacial score (nSPS) is 14.8. The number of rotatable bonds is 2. The van der Waals surface area contributed by atoms with Crippen LogP contribution in [-0.2, 0) is 18.3 Å². The van der Waals surface area contributed by atoms with Crippen molar-refractivity contribution in [3.05, 3.63) is 43.8 Å². The summed E-state index contributed by atoms with van der Waals surface area (Å²) >= 11 is 2.93. The molecule has 6 nitrogen and oxygen atoms in total. The van der Waals surface area contributed by atoms with Crippen molar-refractivity contribution in [2.75, 3.05) is 5.32 Å². The van der Waals surface area contributed by atoms with Gasteiger partial charge in [0.2, 0.25) is 0 Å². The molecule has 1 aliphatic carbocycles. The van der Waals surface area contributed by atoms with Crippen molar-refractivity contribution < 1.29 is 4.79 Å². The molecule has 8 heteroatoms. The van der Waals surface area contributed by atoms with Crippen molar-refractivity contribution >= 4 is 38.7 Å². The number of carbonyl (C=O) groups excluding carboxylic acids is 1. The van der Waals surface area contributed by atoms with E-state index in [-0.39, 0.29) is 16.5 Å². The Bertz CT molecular complexity index is 1050. The molecule has 1 amide bonds. The van der Waals surface area contributed by atoms with Crippen LogP contribution in [0.1, 0.15) is 66.7 Å². The van der Waals surface area contributed by atoms with Crippen molar-refractivity contribution in [1.82, 2.24) is 14.4 Å². The highest BCUT2D eigenvalue weighted by atomic mass is 32.1. The lowest BCUT2D eigenvalue weighted by Gasteiger charge is -2.17. The Hall–Kier alpha value is -2.06. The first-order valence-corrected chi connectivity index (χ1v) is 10.8. The van der Waals surface area contributed by atoms with E-state index in [9.17, 15) is 9.59 Å². The molecule has 0 saturated carbocycles. The molecule has 0 atom stereocenters. The zero-order valence-electron chi connectivity index (χ0n) is 15.7. The Kier molecular flexibility index (Phi) is 4.63. The number of anilines is 1. The molecule has 0 spiro atoms. The molecular weight excluding hydrogens is 380 g/mol. The average molecular weight is 403 g/mol. The van der Waals surface area contributed by atoms with Crippen molar-refractivity contribution in [2.45, 2.75) is 58.3 Å². The second-order valence-electron chi connectivity index (χ2n) is 7.87. The molecule has 3 heterocycles.